The molecule has 0 spiro atoms. The summed E-state index contributed by atoms with van der Waals surface area (Å²) in [6, 6.07) is 11.9. The van der Waals surface area contributed by atoms with Crippen LogP contribution < -0.4 is 5.56 Å². The Balaban J connectivity index is 2.10. The number of rotatable bonds is 2. The predicted molar refractivity (Wildman–Crippen MR) is 89.5 cm³/mol. The van der Waals surface area contributed by atoms with E-state index in [4.69, 9.17) is 0 Å². The van der Waals surface area contributed by atoms with Gasteiger partial charge in [0.25, 0.3) is 5.56 Å². The third-order valence-corrected chi connectivity index (χ3v) is 3.68. The first-order valence-electron chi connectivity index (χ1n) is 6.57. The normalized spacial score (nSPS) is 11.4. The molecule has 1 N–H and O–H groups in total. The number of aromatic hydroxyl groups is 1. The van der Waals surface area contributed by atoms with Crippen molar-refractivity contribution in [1.29, 1.82) is 0 Å². The van der Waals surface area contributed by atoms with Crippen LogP contribution in [0.25, 0.3) is 10.9 Å². The molecule has 0 aliphatic rings. The molecule has 0 aliphatic heterocycles. The minimum atomic E-state index is -0.223. The van der Waals surface area contributed by atoms with Crippen LogP contribution in [0.3, 0.4) is 0 Å². The van der Waals surface area contributed by atoms with Gasteiger partial charge < -0.3 is 5.11 Å². The molecule has 0 fully saturated rings. The van der Waals surface area contributed by atoms with Crippen molar-refractivity contribution in [3.63, 3.8) is 0 Å². The number of fused-ring (bicyclic) bond motifs is 1. The fourth-order valence-corrected chi connectivity index (χ4v) is 2.44. The van der Waals surface area contributed by atoms with Crippen LogP contribution >= 0.6 is 15.9 Å². The van der Waals surface area contributed by atoms with Gasteiger partial charge in [0.1, 0.15) is 11.6 Å². The summed E-state index contributed by atoms with van der Waals surface area (Å²) in [5, 5.41) is 14.0. The number of aromatic nitrogens is 2. The van der Waals surface area contributed by atoms with Crippen molar-refractivity contribution in [2.45, 2.75) is 6.92 Å². The Morgan fingerprint density at radius 1 is 1.23 bits per heavy atom. The third-order valence-electron chi connectivity index (χ3n) is 3.19. The van der Waals surface area contributed by atoms with Crippen LogP contribution in [0, 0.1) is 6.92 Å². The molecular formula is C16H12BrN3O2. The third kappa shape index (κ3) is 2.78. The number of phenols is 1. The Morgan fingerprint density at radius 2 is 1.95 bits per heavy atom. The molecule has 1 heterocycles. The Labute approximate surface area is 134 Å². The first-order chi connectivity index (χ1) is 10.5. The lowest BCUT2D eigenvalue weighted by molar-refractivity contribution is 0.475. The summed E-state index contributed by atoms with van der Waals surface area (Å²) >= 11 is 3.35. The zero-order chi connectivity index (χ0) is 15.7. The fourth-order valence-electron chi connectivity index (χ4n) is 2.08. The minimum absolute atomic E-state index is 0.183. The van der Waals surface area contributed by atoms with Crippen LogP contribution in [0.4, 0.5) is 0 Å². The number of phenolic OH excluding ortho intramolecular Hbond substituents is 1. The summed E-state index contributed by atoms with van der Waals surface area (Å²) in [6.45, 7) is 1.73. The maximum atomic E-state index is 12.5. The monoisotopic (exact) mass is 357 g/mol. The zero-order valence-electron chi connectivity index (χ0n) is 11.7. The number of nitrogens with zero attached hydrogens (tertiary/aromatic N) is 3. The molecule has 0 unspecified atom stereocenters. The number of halogens is 1. The Bertz CT molecular complexity index is 931. The van der Waals surface area contributed by atoms with Crippen LogP contribution in [0.1, 0.15) is 11.4 Å². The van der Waals surface area contributed by atoms with Gasteiger partial charge in [0.2, 0.25) is 0 Å². The maximum absolute atomic E-state index is 12.5. The molecule has 110 valence electrons. The Morgan fingerprint density at radius 3 is 2.68 bits per heavy atom. The number of hydrogen-bond acceptors (Lipinski definition) is 4. The Hall–Kier alpha value is -2.47. The highest BCUT2D eigenvalue weighted by Gasteiger charge is 2.07. The molecule has 3 rings (SSSR count). The smallest absolute Gasteiger partial charge is 0.282 e. The first-order valence-corrected chi connectivity index (χ1v) is 7.36. The van der Waals surface area contributed by atoms with Gasteiger partial charge >= 0.3 is 0 Å². The van der Waals surface area contributed by atoms with E-state index < -0.39 is 0 Å². The van der Waals surface area contributed by atoms with E-state index in [1.807, 2.05) is 6.07 Å². The van der Waals surface area contributed by atoms with Gasteiger partial charge in [-0.3, -0.25) is 4.79 Å². The number of hydrogen-bond donors (Lipinski definition) is 1. The van der Waals surface area contributed by atoms with Crippen LogP contribution in [0.15, 0.2) is 56.8 Å². The second-order valence-corrected chi connectivity index (χ2v) is 5.69. The molecule has 5 nitrogen and oxygen atoms in total. The molecule has 0 saturated heterocycles. The van der Waals surface area contributed by atoms with Gasteiger partial charge in [-0.1, -0.05) is 15.9 Å². The van der Waals surface area contributed by atoms with Crippen molar-refractivity contribution in [1.82, 2.24) is 9.66 Å². The maximum Gasteiger partial charge on any atom is 0.282 e. The molecule has 6 heteroatoms. The van der Waals surface area contributed by atoms with E-state index in [2.05, 4.69) is 26.0 Å². The van der Waals surface area contributed by atoms with Crippen molar-refractivity contribution in [2.75, 3.05) is 0 Å². The van der Waals surface area contributed by atoms with Crippen molar-refractivity contribution in [2.24, 2.45) is 5.10 Å². The van der Waals surface area contributed by atoms with Gasteiger partial charge in [-0.05, 0) is 55.0 Å². The highest BCUT2D eigenvalue weighted by atomic mass is 79.9. The average Bonchev–Trinajstić information content (AvgIpc) is 2.50. The van der Waals surface area contributed by atoms with Crippen LogP contribution in [0.5, 0.6) is 5.75 Å². The molecule has 3 aromatic rings. The van der Waals surface area contributed by atoms with E-state index in [1.54, 1.807) is 49.5 Å². The second kappa shape index (κ2) is 5.73. The van der Waals surface area contributed by atoms with Gasteiger partial charge in [0.15, 0.2) is 0 Å². The van der Waals surface area contributed by atoms with E-state index >= 15 is 0 Å². The van der Waals surface area contributed by atoms with Gasteiger partial charge in [0.05, 0.1) is 17.1 Å². The summed E-state index contributed by atoms with van der Waals surface area (Å²) in [6.07, 6.45) is 1.55. The topological polar surface area (TPSA) is 67.5 Å². The van der Waals surface area contributed by atoms with Crippen molar-refractivity contribution in [3.05, 3.63) is 68.7 Å². The quantitative estimate of drug-likeness (QED) is 0.716. The summed E-state index contributed by atoms with van der Waals surface area (Å²) in [7, 11) is 0. The molecule has 0 saturated carbocycles. The van der Waals surface area contributed by atoms with E-state index in [9.17, 15) is 9.90 Å². The fraction of sp³-hybridized carbons (Fsp3) is 0.0625. The molecule has 0 amide bonds. The van der Waals surface area contributed by atoms with Crippen LogP contribution in [0.2, 0.25) is 0 Å². The van der Waals surface area contributed by atoms with Crippen molar-refractivity contribution < 1.29 is 5.11 Å². The summed E-state index contributed by atoms with van der Waals surface area (Å²) in [4.78, 5) is 16.9. The molecule has 0 radical (unpaired) electrons. The van der Waals surface area contributed by atoms with Gasteiger partial charge in [-0.25, -0.2) is 4.98 Å². The van der Waals surface area contributed by atoms with Gasteiger partial charge in [-0.2, -0.15) is 9.78 Å². The summed E-state index contributed by atoms with van der Waals surface area (Å²) in [5.74, 6) is 0.692. The van der Waals surface area contributed by atoms with Crippen molar-refractivity contribution in [3.8, 4) is 5.75 Å². The van der Waals surface area contributed by atoms with E-state index in [0.717, 1.165) is 10.0 Å². The highest BCUT2D eigenvalue weighted by molar-refractivity contribution is 9.10. The molecule has 1 aromatic heterocycles. The Kier molecular flexibility index (Phi) is 3.77. The van der Waals surface area contributed by atoms with Crippen molar-refractivity contribution >= 4 is 33.0 Å². The van der Waals surface area contributed by atoms with E-state index in [1.165, 1.54) is 4.68 Å². The van der Waals surface area contributed by atoms with Gasteiger partial charge in [-0.15, -0.1) is 0 Å². The lowest BCUT2D eigenvalue weighted by Gasteiger charge is -2.05. The SMILES string of the molecule is Cc1nc2ccc(Br)cc2c(=O)n1N=Cc1ccc(O)cc1. The van der Waals surface area contributed by atoms with E-state index in [0.29, 0.717) is 16.7 Å². The summed E-state index contributed by atoms with van der Waals surface area (Å²) < 4.78 is 2.08. The van der Waals surface area contributed by atoms with Gasteiger partial charge in [0, 0.05) is 4.47 Å². The summed E-state index contributed by atoms with van der Waals surface area (Å²) in [5.41, 5.74) is 1.19. The number of aryl methyl sites for hydroxylation is 1. The van der Waals surface area contributed by atoms with Crippen LogP contribution in [-0.4, -0.2) is 21.0 Å². The molecule has 0 aliphatic carbocycles. The van der Waals surface area contributed by atoms with E-state index in [-0.39, 0.29) is 11.3 Å². The average molecular weight is 358 g/mol. The molecule has 2 aromatic carbocycles. The molecule has 22 heavy (non-hydrogen) atoms. The standard InChI is InChI=1S/C16H12BrN3O2/c1-10-19-15-7-4-12(17)8-14(15)16(22)20(10)18-9-11-2-5-13(21)6-3-11/h2-9,21H,1H3. The highest BCUT2D eigenvalue weighted by Crippen LogP contribution is 2.15. The number of benzene rings is 2. The second-order valence-electron chi connectivity index (χ2n) is 4.77. The molecular weight excluding hydrogens is 346 g/mol. The zero-order valence-corrected chi connectivity index (χ0v) is 13.3. The lowest BCUT2D eigenvalue weighted by atomic mass is 10.2. The minimum Gasteiger partial charge on any atom is -0.508 e. The van der Waals surface area contributed by atoms with Crippen LogP contribution in [-0.2, 0) is 0 Å². The molecule has 0 atom stereocenters. The largest absolute Gasteiger partial charge is 0.508 e. The lowest BCUT2D eigenvalue weighted by Crippen LogP contribution is -2.20. The predicted octanol–water partition coefficient (Wildman–Crippen LogP) is 3.06. The molecule has 0 bridgehead atoms. The first kappa shape index (κ1) is 14.5.